The van der Waals surface area contributed by atoms with Gasteiger partial charge in [0.15, 0.2) is 11.5 Å². The molecule has 6 heteroatoms. The van der Waals surface area contributed by atoms with Crippen molar-refractivity contribution in [1.29, 1.82) is 0 Å². The number of fused-ring (bicyclic) bond motifs is 1. The van der Waals surface area contributed by atoms with Crippen LogP contribution < -0.4 is 19.5 Å². The van der Waals surface area contributed by atoms with E-state index >= 15 is 0 Å². The second kappa shape index (κ2) is 5.96. The summed E-state index contributed by atoms with van der Waals surface area (Å²) in [6.45, 7) is 0.684. The minimum Gasteiger partial charge on any atom is -0.493 e. The number of ether oxygens (including phenoxy) is 2. The molecule has 1 aromatic carbocycles. The second-order valence-corrected chi connectivity index (χ2v) is 6.33. The zero-order valence-corrected chi connectivity index (χ0v) is 13.3. The van der Waals surface area contributed by atoms with E-state index in [1.165, 1.54) is 27.1 Å². The van der Waals surface area contributed by atoms with Gasteiger partial charge in [-0.1, -0.05) is 17.4 Å². The van der Waals surface area contributed by atoms with Crippen LogP contribution in [0.3, 0.4) is 0 Å². The Bertz CT molecular complexity index is 780. The maximum atomic E-state index is 12.4. The molecule has 1 amide bonds. The van der Waals surface area contributed by atoms with Crippen LogP contribution in [0.4, 0.5) is 0 Å². The number of methoxy groups -OCH3 is 2. The molecule has 5 nitrogen and oxygen atoms in total. The molecule has 0 radical (unpaired) electrons. The Balaban J connectivity index is 2.01. The fourth-order valence-corrected chi connectivity index (χ4v) is 3.22. The van der Waals surface area contributed by atoms with Gasteiger partial charge in [0.25, 0.3) is 5.91 Å². The Kier molecular flexibility index (Phi) is 4.02. The van der Waals surface area contributed by atoms with Crippen molar-refractivity contribution in [2.75, 3.05) is 20.8 Å². The number of carbonyl (C=O) groups excluding carboxylic acids is 1. The molecule has 0 bridgehead atoms. The normalized spacial score (nSPS) is 13.9. The Labute approximate surface area is 131 Å². The number of hydrogen-bond acceptors (Lipinski definition) is 5. The SMILES string of the molecule is COc1ccc2cc(C(=O)NCC3CC3)sc(=O)c2c1OC. The van der Waals surface area contributed by atoms with Crippen molar-refractivity contribution in [3.63, 3.8) is 0 Å². The first-order valence-corrected chi connectivity index (χ1v) is 7.92. The highest BCUT2D eigenvalue weighted by Crippen LogP contribution is 2.34. The predicted octanol–water partition coefficient (Wildman–Crippen LogP) is 2.42. The van der Waals surface area contributed by atoms with Gasteiger partial charge in [-0.3, -0.25) is 9.59 Å². The van der Waals surface area contributed by atoms with Crippen molar-refractivity contribution < 1.29 is 14.3 Å². The molecule has 2 aromatic rings. The van der Waals surface area contributed by atoms with Crippen LogP contribution in [0.5, 0.6) is 11.5 Å². The number of benzene rings is 1. The zero-order chi connectivity index (χ0) is 15.7. The molecule has 0 saturated heterocycles. The van der Waals surface area contributed by atoms with Crippen LogP contribution in [0.25, 0.3) is 10.8 Å². The average Bonchev–Trinajstić information content (AvgIpc) is 3.35. The predicted molar refractivity (Wildman–Crippen MR) is 86.3 cm³/mol. The average molecular weight is 319 g/mol. The molecule has 1 N–H and O–H groups in total. The number of hydrogen-bond donors (Lipinski definition) is 1. The van der Waals surface area contributed by atoms with Crippen LogP contribution in [-0.2, 0) is 0 Å². The molecular weight excluding hydrogens is 302 g/mol. The van der Waals surface area contributed by atoms with E-state index in [1.54, 1.807) is 18.2 Å². The number of amides is 1. The smallest absolute Gasteiger partial charge is 0.261 e. The summed E-state index contributed by atoms with van der Waals surface area (Å²) in [4.78, 5) is 25.0. The third-order valence-electron chi connectivity index (χ3n) is 3.74. The minimum absolute atomic E-state index is 0.189. The highest BCUT2D eigenvalue weighted by molar-refractivity contribution is 7.12. The highest BCUT2D eigenvalue weighted by atomic mass is 32.1. The van der Waals surface area contributed by atoms with Crippen molar-refractivity contribution >= 4 is 28.0 Å². The molecule has 1 saturated carbocycles. The van der Waals surface area contributed by atoms with Gasteiger partial charge in [-0.25, -0.2) is 0 Å². The molecule has 1 fully saturated rings. The highest BCUT2D eigenvalue weighted by Gasteiger charge is 2.22. The Morgan fingerprint density at radius 1 is 1.32 bits per heavy atom. The Morgan fingerprint density at radius 2 is 2.09 bits per heavy atom. The fourth-order valence-electron chi connectivity index (χ4n) is 2.35. The van der Waals surface area contributed by atoms with E-state index in [1.807, 2.05) is 0 Å². The van der Waals surface area contributed by atoms with E-state index in [0.29, 0.717) is 39.6 Å². The van der Waals surface area contributed by atoms with Gasteiger partial charge in [0.05, 0.1) is 24.5 Å². The van der Waals surface area contributed by atoms with Gasteiger partial charge in [0.2, 0.25) is 4.74 Å². The van der Waals surface area contributed by atoms with Crippen LogP contribution >= 0.6 is 11.3 Å². The second-order valence-electron chi connectivity index (χ2n) is 5.32. The standard InChI is InChI=1S/C16H17NO4S/c1-20-11-6-5-10-7-12(15(18)17-8-9-3-4-9)22-16(19)13(10)14(11)21-2/h5-7,9H,3-4,8H2,1-2H3,(H,17,18). The lowest BCUT2D eigenvalue weighted by Gasteiger charge is -2.10. The topological polar surface area (TPSA) is 64.6 Å². The van der Waals surface area contributed by atoms with Gasteiger partial charge in [0.1, 0.15) is 0 Å². The molecule has 1 aliphatic carbocycles. The third-order valence-corrected chi connectivity index (χ3v) is 4.66. The van der Waals surface area contributed by atoms with Crippen molar-refractivity contribution in [2.24, 2.45) is 5.92 Å². The first-order valence-electron chi connectivity index (χ1n) is 7.11. The summed E-state index contributed by atoms with van der Waals surface area (Å²) in [6, 6.07) is 5.23. The summed E-state index contributed by atoms with van der Waals surface area (Å²) in [6.07, 6.45) is 2.34. The lowest BCUT2D eigenvalue weighted by molar-refractivity contribution is 0.0956. The molecule has 116 valence electrons. The molecule has 0 aliphatic heterocycles. The van der Waals surface area contributed by atoms with Crippen molar-refractivity contribution in [3.05, 3.63) is 32.6 Å². The van der Waals surface area contributed by atoms with Crippen LogP contribution in [-0.4, -0.2) is 26.7 Å². The molecular formula is C16H17NO4S. The van der Waals surface area contributed by atoms with Gasteiger partial charge in [-0.2, -0.15) is 0 Å². The van der Waals surface area contributed by atoms with E-state index in [-0.39, 0.29) is 10.6 Å². The summed E-state index contributed by atoms with van der Waals surface area (Å²) in [5, 5.41) is 4.01. The maximum absolute atomic E-state index is 12.4. The van der Waals surface area contributed by atoms with Crippen LogP contribution in [0.2, 0.25) is 0 Å². The quantitative estimate of drug-likeness (QED) is 0.919. The van der Waals surface area contributed by atoms with Crippen LogP contribution in [0.1, 0.15) is 22.5 Å². The first-order chi connectivity index (χ1) is 10.6. The number of carbonyl (C=O) groups is 1. The van der Waals surface area contributed by atoms with Gasteiger partial charge in [-0.15, -0.1) is 0 Å². The van der Waals surface area contributed by atoms with Crippen LogP contribution in [0, 0.1) is 5.92 Å². The van der Waals surface area contributed by atoms with E-state index in [9.17, 15) is 9.59 Å². The summed E-state index contributed by atoms with van der Waals surface area (Å²) < 4.78 is 10.3. The minimum atomic E-state index is -0.204. The zero-order valence-electron chi connectivity index (χ0n) is 12.5. The van der Waals surface area contributed by atoms with E-state index in [4.69, 9.17) is 9.47 Å². The van der Waals surface area contributed by atoms with Gasteiger partial charge in [0, 0.05) is 6.54 Å². The van der Waals surface area contributed by atoms with Gasteiger partial charge in [-0.05, 0) is 36.3 Å². The Hall–Kier alpha value is -2.08. The molecule has 0 atom stereocenters. The monoisotopic (exact) mass is 319 g/mol. The molecule has 22 heavy (non-hydrogen) atoms. The van der Waals surface area contributed by atoms with Crippen LogP contribution in [0.15, 0.2) is 23.0 Å². The fraction of sp³-hybridized carbons (Fsp3) is 0.375. The largest absolute Gasteiger partial charge is 0.493 e. The van der Waals surface area contributed by atoms with Crippen molar-refractivity contribution in [3.8, 4) is 11.5 Å². The summed E-state index contributed by atoms with van der Waals surface area (Å²) in [5.41, 5.74) is 0. The third kappa shape index (κ3) is 2.78. The number of rotatable bonds is 5. The number of nitrogens with one attached hydrogen (secondary N) is 1. The lowest BCUT2D eigenvalue weighted by Crippen LogP contribution is -2.25. The van der Waals surface area contributed by atoms with E-state index in [2.05, 4.69) is 5.32 Å². The molecule has 1 aliphatic rings. The molecule has 3 rings (SSSR count). The van der Waals surface area contributed by atoms with Crippen molar-refractivity contribution in [2.45, 2.75) is 12.8 Å². The molecule has 1 heterocycles. The summed E-state index contributed by atoms with van der Waals surface area (Å²) in [7, 11) is 3.02. The van der Waals surface area contributed by atoms with E-state index in [0.717, 1.165) is 11.3 Å². The maximum Gasteiger partial charge on any atom is 0.261 e. The Morgan fingerprint density at radius 3 is 2.73 bits per heavy atom. The van der Waals surface area contributed by atoms with E-state index < -0.39 is 0 Å². The van der Waals surface area contributed by atoms with Gasteiger partial charge >= 0.3 is 0 Å². The summed E-state index contributed by atoms with van der Waals surface area (Å²) >= 11 is 0.933. The van der Waals surface area contributed by atoms with Gasteiger partial charge < -0.3 is 14.8 Å². The molecule has 1 aromatic heterocycles. The lowest BCUT2D eigenvalue weighted by atomic mass is 10.1. The summed E-state index contributed by atoms with van der Waals surface area (Å²) in [5.74, 6) is 1.33. The first kappa shape index (κ1) is 14.8. The van der Waals surface area contributed by atoms with Crippen molar-refractivity contribution in [1.82, 2.24) is 5.32 Å². The molecule has 0 spiro atoms. The molecule has 0 unspecified atom stereocenters.